The van der Waals surface area contributed by atoms with Crippen molar-refractivity contribution in [3.63, 3.8) is 0 Å². The Morgan fingerprint density at radius 3 is 2.63 bits per heavy atom. The fourth-order valence-corrected chi connectivity index (χ4v) is 4.21. The van der Waals surface area contributed by atoms with Crippen LogP contribution in [0.3, 0.4) is 0 Å². The molecule has 0 bridgehead atoms. The van der Waals surface area contributed by atoms with E-state index in [9.17, 15) is 4.79 Å². The van der Waals surface area contributed by atoms with Crippen molar-refractivity contribution in [2.24, 2.45) is 0 Å². The molecule has 1 aliphatic rings. The number of nitrogens with zero attached hydrogens (tertiary/aromatic N) is 5. The SMILES string of the molecule is Cc1ccccc1-n1cnn(CN2CCN(C(=O)c3cccs3)CC2)c1=S. The third-order valence-electron chi connectivity index (χ3n) is 4.83. The van der Waals surface area contributed by atoms with Gasteiger partial charge in [0.2, 0.25) is 4.77 Å². The van der Waals surface area contributed by atoms with Gasteiger partial charge in [0, 0.05) is 26.2 Å². The third-order valence-corrected chi connectivity index (χ3v) is 6.10. The molecule has 0 aliphatic carbocycles. The summed E-state index contributed by atoms with van der Waals surface area (Å²) in [5.74, 6) is 0.130. The number of thiophene rings is 1. The number of carbonyl (C=O) groups excluding carboxylic acids is 1. The van der Waals surface area contributed by atoms with E-state index in [1.165, 1.54) is 11.3 Å². The average Bonchev–Trinajstić information content (AvgIpc) is 3.34. The highest BCUT2D eigenvalue weighted by atomic mass is 32.1. The van der Waals surface area contributed by atoms with Crippen molar-refractivity contribution in [3.05, 3.63) is 63.3 Å². The van der Waals surface area contributed by atoms with Gasteiger partial charge in [-0.05, 0) is 42.2 Å². The molecule has 1 aliphatic heterocycles. The first-order valence-electron chi connectivity index (χ1n) is 8.89. The molecule has 0 saturated carbocycles. The van der Waals surface area contributed by atoms with Gasteiger partial charge in [0.05, 0.1) is 17.2 Å². The Bertz CT molecular complexity index is 984. The molecule has 4 rings (SSSR count). The highest BCUT2D eigenvalue weighted by molar-refractivity contribution is 7.71. The van der Waals surface area contributed by atoms with E-state index in [2.05, 4.69) is 23.0 Å². The van der Waals surface area contributed by atoms with E-state index in [0.29, 0.717) is 11.4 Å². The van der Waals surface area contributed by atoms with Crippen molar-refractivity contribution in [3.8, 4) is 5.69 Å². The summed E-state index contributed by atoms with van der Waals surface area (Å²) < 4.78 is 4.47. The van der Waals surface area contributed by atoms with Gasteiger partial charge in [-0.1, -0.05) is 24.3 Å². The predicted molar refractivity (Wildman–Crippen MR) is 109 cm³/mol. The molecule has 3 aromatic rings. The number of benzene rings is 1. The molecule has 8 heteroatoms. The van der Waals surface area contributed by atoms with Gasteiger partial charge >= 0.3 is 0 Å². The van der Waals surface area contributed by atoms with Gasteiger partial charge in [-0.3, -0.25) is 14.3 Å². The molecule has 1 aromatic carbocycles. The molecule has 1 amide bonds. The minimum Gasteiger partial charge on any atom is -0.335 e. The van der Waals surface area contributed by atoms with Crippen LogP contribution in [0.2, 0.25) is 0 Å². The molecule has 3 heterocycles. The molecule has 0 unspecified atom stereocenters. The Morgan fingerprint density at radius 2 is 1.93 bits per heavy atom. The van der Waals surface area contributed by atoms with Crippen LogP contribution in [0.4, 0.5) is 0 Å². The number of rotatable bonds is 4. The number of hydrogen-bond donors (Lipinski definition) is 0. The monoisotopic (exact) mass is 399 g/mol. The van der Waals surface area contributed by atoms with Crippen LogP contribution in [-0.4, -0.2) is 56.2 Å². The molecule has 1 fully saturated rings. The second-order valence-corrected chi connectivity index (χ2v) is 7.91. The largest absolute Gasteiger partial charge is 0.335 e. The molecule has 2 aromatic heterocycles. The molecule has 0 atom stereocenters. The summed E-state index contributed by atoms with van der Waals surface area (Å²) in [5.41, 5.74) is 2.22. The van der Waals surface area contributed by atoms with E-state index in [1.54, 1.807) is 6.33 Å². The van der Waals surface area contributed by atoms with Gasteiger partial charge in [0.1, 0.15) is 6.33 Å². The highest BCUT2D eigenvalue weighted by Crippen LogP contribution is 2.16. The molecule has 6 nitrogen and oxygen atoms in total. The van der Waals surface area contributed by atoms with E-state index in [1.807, 2.05) is 49.9 Å². The van der Waals surface area contributed by atoms with Crippen LogP contribution in [0.15, 0.2) is 48.1 Å². The van der Waals surface area contributed by atoms with Gasteiger partial charge in [-0.2, -0.15) is 5.10 Å². The zero-order chi connectivity index (χ0) is 18.8. The van der Waals surface area contributed by atoms with Crippen LogP contribution >= 0.6 is 23.6 Å². The van der Waals surface area contributed by atoms with Crippen molar-refractivity contribution in [1.82, 2.24) is 24.1 Å². The zero-order valence-corrected chi connectivity index (χ0v) is 16.7. The van der Waals surface area contributed by atoms with Crippen molar-refractivity contribution in [2.75, 3.05) is 26.2 Å². The number of piperazine rings is 1. The summed E-state index contributed by atoms with van der Waals surface area (Å²) in [7, 11) is 0. The van der Waals surface area contributed by atoms with Crippen LogP contribution < -0.4 is 0 Å². The second kappa shape index (κ2) is 7.75. The summed E-state index contributed by atoms with van der Waals surface area (Å²) in [4.78, 5) is 17.5. The van der Waals surface area contributed by atoms with E-state index in [0.717, 1.165) is 42.3 Å². The quantitative estimate of drug-likeness (QED) is 0.632. The Hall–Kier alpha value is -2.29. The van der Waals surface area contributed by atoms with Crippen molar-refractivity contribution in [2.45, 2.75) is 13.6 Å². The summed E-state index contributed by atoms with van der Waals surface area (Å²) in [5, 5.41) is 6.42. The van der Waals surface area contributed by atoms with Crippen molar-refractivity contribution >= 4 is 29.5 Å². The third kappa shape index (κ3) is 3.73. The van der Waals surface area contributed by atoms with E-state index in [-0.39, 0.29) is 5.91 Å². The van der Waals surface area contributed by atoms with Crippen LogP contribution in [-0.2, 0) is 6.67 Å². The van der Waals surface area contributed by atoms with Gasteiger partial charge in [0.15, 0.2) is 0 Å². The Balaban J connectivity index is 1.41. The molecular weight excluding hydrogens is 378 g/mol. The number of amides is 1. The lowest BCUT2D eigenvalue weighted by atomic mass is 10.2. The second-order valence-electron chi connectivity index (χ2n) is 6.60. The van der Waals surface area contributed by atoms with E-state index < -0.39 is 0 Å². The maximum atomic E-state index is 12.5. The number of carbonyl (C=O) groups is 1. The van der Waals surface area contributed by atoms with Crippen LogP contribution in [0.25, 0.3) is 5.69 Å². The molecular formula is C19H21N5OS2. The first-order chi connectivity index (χ1) is 13.1. The lowest BCUT2D eigenvalue weighted by Crippen LogP contribution is -2.48. The van der Waals surface area contributed by atoms with E-state index in [4.69, 9.17) is 12.2 Å². The van der Waals surface area contributed by atoms with Crippen LogP contribution in [0, 0.1) is 11.7 Å². The van der Waals surface area contributed by atoms with Crippen molar-refractivity contribution < 1.29 is 4.79 Å². The number of para-hydroxylation sites is 1. The highest BCUT2D eigenvalue weighted by Gasteiger charge is 2.23. The average molecular weight is 400 g/mol. The maximum Gasteiger partial charge on any atom is 0.264 e. The number of aromatic nitrogens is 3. The zero-order valence-electron chi connectivity index (χ0n) is 15.1. The molecule has 27 heavy (non-hydrogen) atoms. The fourth-order valence-electron chi connectivity index (χ4n) is 3.27. The number of aryl methyl sites for hydroxylation is 1. The maximum absolute atomic E-state index is 12.5. The summed E-state index contributed by atoms with van der Waals surface area (Å²) in [6, 6.07) is 11.9. The standard InChI is InChI=1S/C19H21N5OS2/c1-15-5-2-3-6-16(15)23-13-20-24(19(23)26)14-21-8-10-22(11-9-21)18(25)17-7-4-12-27-17/h2-7,12-13H,8-11,14H2,1H3. The molecule has 0 N–H and O–H groups in total. The Morgan fingerprint density at radius 1 is 1.15 bits per heavy atom. The lowest BCUT2D eigenvalue weighted by Gasteiger charge is -2.34. The van der Waals surface area contributed by atoms with E-state index >= 15 is 0 Å². The first kappa shape index (κ1) is 18.1. The Kier molecular flexibility index (Phi) is 5.20. The fraction of sp³-hybridized carbons (Fsp3) is 0.316. The smallest absolute Gasteiger partial charge is 0.264 e. The number of hydrogen-bond acceptors (Lipinski definition) is 5. The normalized spacial score (nSPS) is 15.2. The molecule has 140 valence electrons. The van der Waals surface area contributed by atoms with Gasteiger partial charge < -0.3 is 4.90 Å². The van der Waals surface area contributed by atoms with Gasteiger partial charge in [-0.25, -0.2) is 4.68 Å². The minimum atomic E-state index is 0.130. The minimum absolute atomic E-state index is 0.130. The summed E-state index contributed by atoms with van der Waals surface area (Å²) in [6.07, 6.45) is 1.78. The van der Waals surface area contributed by atoms with Gasteiger partial charge in [-0.15, -0.1) is 11.3 Å². The predicted octanol–water partition coefficient (Wildman–Crippen LogP) is 3.19. The van der Waals surface area contributed by atoms with Crippen LogP contribution in [0.5, 0.6) is 0 Å². The van der Waals surface area contributed by atoms with Crippen LogP contribution in [0.1, 0.15) is 15.2 Å². The lowest BCUT2D eigenvalue weighted by molar-refractivity contribution is 0.0590. The first-order valence-corrected chi connectivity index (χ1v) is 10.2. The summed E-state index contributed by atoms with van der Waals surface area (Å²) >= 11 is 7.12. The summed E-state index contributed by atoms with van der Waals surface area (Å²) in [6.45, 7) is 5.79. The topological polar surface area (TPSA) is 46.3 Å². The van der Waals surface area contributed by atoms with Gasteiger partial charge in [0.25, 0.3) is 5.91 Å². The Labute approximate surface area is 167 Å². The molecule has 0 radical (unpaired) electrons. The molecule has 1 saturated heterocycles. The molecule has 0 spiro atoms. The van der Waals surface area contributed by atoms with Crippen molar-refractivity contribution in [1.29, 1.82) is 0 Å².